The highest BCUT2D eigenvalue weighted by atomic mass is 32.2. The number of hydrogen-bond acceptors (Lipinski definition) is 4. The van der Waals surface area contributed by atoms with Gasteiger partial charge >= 0.3 is 0 Å². The maximum Gasteiger partial charge on any atom is 0.243 e. The molecule has 0 bridgehead atoms. The lowest BCUT2D eigenvalue weighted by Crippen LogP contribution is -2.38. The van der Waals surface area contributed by atoms with Crippen LogP contribution in [0.5, 0.6) is 0 Å². The van der Waals surface area contributed by atoms with Crippen LogP contribution in [0.2, 0.25) is 0 Å². The molecule has 1 heterocycles. The highest BCUT2D eigenvalue weighted by Crippen LogP contribution is 2.32. The van der Waals surface area contributed by atoms with E-state index in [0.717, 1.165) is 11.3 Å². The summed E-state index contributed by atoms with van der Waals surface area (Å²) in [4.78, 5) is 26.5. The summed E-state index contributed by atoms with van der Waals surface area (Å²) in [7, 11) is 0. The van der Waals surface area contributed by atoms with E-state index in [2.05, 4.69) is 0 Å². The molecule has 19 heavy (non-hydrogen) atoms. The Kier molecular flexibility index (Phi) is 4.14. The molecule has 1 aliphatic heterocycles. The average Bonchev–Trinajstić information content (AvgIpc) is 2.66. The van der Waals surface area contributed by atoms with Crippen LogP contribution >= 0.6 is 11.8 Å². The fourth-order valence-corrected chi connectivity index (χ4v) is 3.13. The van der Waals surface area contributed by atoms with Crippen LogP contribution < -0.4 is 5.73 Å². The van der Waals surface area contributed by atoms with Gasteiger partial charge < -0.3 is 5.73 Å². The molecule has 0 aromatic heterocycles. The Hall–Kier alpha value is -1.49. The van der Waals surface area contributed by atoms with Crippen LogP contribution in [0.3, 0.4) is 0 Å². The van der Waals surface area contributed by atoms with E-state index in [1.54, 1.807) is 12.1 Å². The first-order chi connectivity index (χ1) is 9.02. The molecule has 2 amide bonds. The van der Waals surface area contributed by atoms with E-state index in [-0.39, 0.29) is 29.5 Å². The molecule has 102 valence electrons. The van der Waals surface area contributed by atoms with Gasteiger partial charge in [-0.15, -0.1) is 11.8 Å². The number of rotatable bonds is 4. The Bertz CT molecular complexity index is 487. The third-order valence-electron chi connectivity index (χ3n) is 3.33. The second kappa shape index (κ2) is 5.65. The minimum absolute atomic E-state index is 0.0167. The molecular formula is C14H18N2O2S. The van der Waals surface area contributed by atoms with E-state index in [9.17, 15) is 9.59 Å². The smallest absolute Gasteiger partial charge is 0.243 e. The number of imide groups is 1. The van der Waals surface area contributed by atoms with Crippen LogP contribution in [0.4, 0.5) is 5.69 Å². The number of anilines is 1. The van der Waals surface area contributed by atoms with E-state index in [0.29, 0.717) is 5.69 Å². The van der Waals surface area contributed by atoms with Crippen LogP contribution in [0.25, 0.3) is 0 Å². The second-order valence-electron chi connectivity index (χ2n) is 4.74. The third kappa shape index (κ3) is 2.92. The molecule has 0 saturated carbocycles. The molecule has 4 nitrogen and oxygen atoms in total. The highest BCUT2D eigenvalue weighted by molar-refractivity contribution is 8.00. The van der Waals surface area contributed by atoms with Gasteiger partial charge in [-0.2, -0.15) is 0 Å². The van der Waals surface area contributed by atoms with Crippen LogP contribution in [0, 0.1) is 0 Å². The number of benzene rings is 1. The maximum atomic E-state index is 12.2. The van der Waals surface area contributed by atoms with Crippen molar-refractivity contribution in [3.05, 3.63) is 24.3 Å². The lowest BCUT2D eigenvalue weighted by Gasteiger charge is -2.21. The van der Waals surface area contributed by atoms with Crippen molar-refractivity contribution in [2.45, 2.75) is 42.9 Å². The summed E-state index contributed by atoms with van der Waals surface area (Å²) in [5.74, 6) is -0.131. The minimum atomic E-state index is -0.301. The molecule has 2 atom stereocenters. The molecule has 2 unspecified atom stereocenters. The molecule has 0 aliphatic carbocycles. The number of carbonyl (C=O) groups excluding carboxylic acids is 2. The van der Waals surface area contributed by atoms with E-state index in [4.69, 9.17) is 5.73 Å². The summed E-state index contributed by atoms with van der Waals surface area (Å²) in [6.45, 7) is 3.89. The molecule has 1 aromatic rings. The standard InChI is InChI=1S/C14H18N2O2S/c1-3-9(2)16-13(17)8-12(14(16)18)19-11-6-4-10(15)5-7-11/h4-7,9,12H,3,8,15H2,1-2H3. The molecule has 1 fully saturated rings. The van der Waals surface area contributed by atoms with Gasteiger partial charge in [0.15, 0.2) is 0 Å². The van der Waals surface area contributed by atoms with Crippen molar-refractivity contribution >= 4 is 29.3 Å². The van der Waals surface area contributed by atoms with Crippen molar-refractivity contribution in [3.8, 4) is 0 Å². The number of nitrogens with two attached hydrogens (primary N) is 1. The van der Waals surface area contributed by atoms with Gasteiger partial charge in [0.2, 0.25) is 11.8 Å². The minimum Gasteiger partial charge on any atom is -0.399 e. The predicted molar refractivity (Wildman–Crippen MR) is 76.7 cm³/mol. The number of amides is 2. The monoisotopic (exact) mass is 278 g/mol. The van der Waals surface area contributed by atoms with Gasteiger partial charge in [0.05, 0.1) is 5.25 Å². The summed E-state index contributed by atoms with van der Waals surface area (Å²) in [5, 5.41) is -0.301. The zero-order chi connectivity index (χ0) is 14.0. The summed E-state index contributed by atoms with van der Waals surface area (Å²) in [5.41, 5.74) is 6.32. The average molecular weight is 278 g/mol. The topological polar surface area (TPSA) is 63.4 Å². The van der Waals surface area contributed by atoms with Gasteiger partial charge in [0.25, 0.3) is 0 Å². The first-order valence-electron chi connectivity index (χ1n) is 6.41. The number of nitrogens with zero attached hydrogens (tertiary/aromatic N) is 1. The summed E-state index contributed by atoms with van der Waals surface area (Å²) >= 11 is 1.44. The normalized spacial score (nSPS) is 20.9. The predicted octanol–water partition coefficient (Wildman–Crippen LogP) is 2.29. The van der Waals surface area contributed by atoms with Crippen molar-refractivity contribution in [3.63, 3.8) is 0 Å². The number of carbonyl (C=O) groups is 2. The van der Waals surface area contributed by atoms with E-state index in [1.807, 2.05) is 26.0 Å². The summed E-state index contributed by atoms with van der Waals surface area (Å²) in [6.07, 6.45) is 1.08. The highest BCUT2D eigenvalue weighted by Gasteiger charge is 2.40. The molecule has 1 aliphatic rings. The zero-order valence-corrected chi connectivity index (χ0v) is 11.9. The number of likely N-dealkylation sites (tertiary alicyclic amines) is 1. The van der Waals surface area contributed by atoms with Gasteiger partial charge in [-0.05, 0) is 37.6 Å². The Balaban J connectivity index is 2.09. The fourth-order valence-electron chi connectivity index (χ4n) is 2.07. The van der Waals surface area contributed by atoms with Crippen LogP contribution in [-0.4, -0.2) is 28.0 Å². The van der Waals surface area contributed by atoms with Crippen molar-refractivity contribution in [2.24, 2.45) is 0 Å². The molecule has 0 radical (unpaired) electrons. The van der Waals surface area contributed by atoms with Crippen molar-refractivity contribution < 1.29 is 9.59 Å². The van der Waals surface area contributed by atoms with Crippen molar-refractivity contribution in [1.29, 1.82) is 0 Å². The first-order valence-corrected chi connectivity index (χ1v) is 7.29. The van der Waals surface area contributed by atoms with Gasteiger partial charge in [-0.1, -0.05) is 6.92 Å². The fraction of sp³-hybridized carbons (Fsp3) is 0.429. The summed E-state index contributed by atoms with van der Waals surface area (Å²) in [6, 6.07) is 7.34. The molecular weight excluding hydrogens is 260 g/mol. The number of thioether (sulfide) groups is 1. The quantitative estimate of drug-likeness (QED) is 0.678. The lowest BCUT2D eigenvalue weighted by atomic mass is 10.2. The maximum absolute atomic E-state index is 12.2. The number of nitrogen functional groups attached to an aromatic ring is 1. The van der Waals surface area contributed by atoms with Crippen molar-refractivity contribution in [2.75, 3.05) is 5.73 Å². The molecule has 2 rings (SSSR count). The zero-order valence-electron chi connectivity index (χ0n) is 11.1. The molecule has 0 spiro atoms. The van der Waals surface area contributed by atoms with E-state index < -0.39 is 0 Å². The van der Waals surface area contributed by atoms with E-state index in [1.165, 1.54) is 16.7 Å². The van der Waals surface area contributed by atoms with Crippen LogP contribution in [0.15, 0.2) is 29.2 Å². The first kappa shape index (κ1) is 13.9. The Morgan fingerprint density at radius 1 is 1.37 bits per heavy atom. The Morgan fingerprint density at radius 3 is 2.58 bits per heavy atom. The third-order valence-corrected chi connectivity index (χ3v) is 4.53. The molecule has 5 heteroatoms. The molecule has 2 N–H and O–H groups in total. The van der Waals surface area contributed by atoms with Gasteiger partial charge in [0.1, 0.15) is 0 Å². The summed E-state index contributed by atoms with van der Waals surface area (Å²) < 4.78 is 0. The lowest BCUT2D eigenvalue weighted by molar-refractivity contribution is -0.140. The van der Waals surface area contributed by atoms with Crippen LogP contribution in [-0.2, 0) is 9.59 Å². The van der Waals surface area contributed by atoms with E-state index >= 15 is 0 Å². The molecule has 1 aromatic carbocycles. The largest absolute Gasteiger partial charge is 0.399 e. The van der Waals surface area contributed by atoms with Crippen molar-refractivity contribution in [1.82, 2.24) is 4.90 Å². The van der Waals surface area contributed by atoms with Gasteiger partial charge in [-0.25, -0.2) is 0 Å². The Morgan fingerprint density at radius 2 is 2.00 bits per heavy atom. The van der Waals surface area contributed by atoms with Gasteiger partial charge in [-0.3, -0.25) is 14.5 Å². The molecule has 1 saturated heterocycles. The van der Waals surface area contributed by atoms with Gasteiger partial charge in [0, 0.05) is 23.0 Å². The SMILES string of the molecule is CCC(C)N1C(=O)CC(Sc2ccc(N)cc2)C1=O. The second-order valence-corrected chi connectivity index (χ2v) is 6.02. The van der Waals surface area contributed by atoms with Crippen LogP contribution in [0.1, 0.15) is 26.7 Å². The number of hydrogen-bond donors (Lipinski definition) is 1. The Labute approximate surface area is 117 Å².